The van der Waals surface area contributed by atoms with Crippen LogP contribution in [-0.4, -0.2) is 47.8 Å². The van der Waals surface area contributed by atoms with E-state index < -0.39 is 0 Å². The molecular formula is C27H29NO3. The summed E-state index contributed by atoms with van der Waals surface area (Å²) in [7, 11) is 0. The number of amides is 1. The van der Waals surface area contributed by atoms with E-state index in [1.54, 1.807) is 4.90 Å². The van der Waals surface area contributed by atoms with Crippen molar-refractivity contribution in [2.75, 3.05) is 19.8 Å². The quantitative estimate of drug-likeness (QED) is 0.537. The Labute approximate surface area is 184 Å². The molecule has 4 rings (SSSR count). The molecule has 1 amide bonds. The van der Waals surface area contributed by atoms with Gasteiger partial charge in [0.15, 0.2) is 0 Å². The van der Waals surface area contributed by atoms with Crippen molar-refractivity contribution in [1.29, 1.82) is 0 Å². The Morgan fingerprint density at radius 2 is 1.45 bits per heavy atom. The first-order chi connectivity index (χ1) is 15.3. The second kappa shape index (κ2) is 10.4. The van der Waals surface area contributed by atoms with E-state index >= 15 is 0 Å². The van der Waals surface area contributed by atoms with Crippen LogP contribution in [0.15, 0.2) is 91.0 Å². The van der Waals surface area contributed by atoms with Crippen molar-refractivity contribution in [1.82, 2.24) is 4.90 Å². The molecule has 0 aromatic heterocycles. The predicted octanol–water partition coefficient (Wildman–Crippen LogP) is 4.04. The van der Waals surface area contributed by atoms with Gasteiger partial charge >= 0.3 is 0 Å². The normalized spacial score (nSPS) is 18.1. The molecule has 0 bridgehead atoms. The number of nitrogens with zero attached hydrogens (tertiary/aromatic N) is 1. The van der Waals surface area contributed by atoms with E-state index in [4.69, 9.17) is 4.74 Å². The van der Waals surface area contributed by atoms with Crippen LogP contribution in [0.3, 0.4) is 0 Å². The number of aliphatic hydroxyl groups is 1. The lowest BCUT2D eigenvalue weighted by atomic mass is 9.87. The molecule has 2 atom stereocenters. The molecule has 31 heavy (non-hydrogen) atoms. The van der Waals surface area contributed by atoms with E-state index in [1.165, 1.54) is 5.56 Å². The average molecular weight is 416 g/mol. The zero-order valence-electron chi connectivity index (χ0n) is 17.6. The van der Waals surface area contributed by atoms with Gasteiger partial charge in [-0.25, -0.2) is 0 Å². The van der Waals surface area contributed by atoms with E-state index in [0.717, 1.165) is 24.0 Å². The van der Waals surface area contributed by atoms with E-state index in [1.807, 2.05) is 78.9 Å². The van der Waals surface area contributed by atoms with Crippen LogP contribution < -0.4 is 0 Å². The number of carbonyl (C=O) groups excluding carboxylic acids is 1. The number of hydrogen-bond acceptors (Lipinski definition) is 3. The number of aliphatic hydroxyl groups excluding tert-OH is 1. The number of hydrogen-bond donors (Lipinski definition) is 1. The van der Waals surface area contributed by atoms with Crippen LogP contribution in [0.4, 0.5) is 0 Å². The van der Waals surface area contributed by atoms with Crippen LogP contribution in [0.1, 0.15) is 29.0 Å². The van der Waals surface area contributed by atoms with Gasteiger partial charge in [0.2, 0.25) is 5.91 Å². The second-order valence-electron chi connectivity index (χ2n) is 7.99. The lowest BCUT2D eigenvalue weighted by Crippen LogP contribution is -2.65. The average Bonchev–Trinajstić information content (AvgIpc) is 2.80. The Morgan fingerprint density at radius 1 is 0.903 bits per heavy atom. The van der Waals surface area contributed by atoms with Gasteiger partial charge in [0.05, 0.1) is 24.7 Å². The lowest BCUT2D eigenvalue weighted by molar-refractivity contribution is -0.162. The van der Waals surface area contributed by atoms with Gasteiger partial charge in [0.1, 0.15) is 0 Å². The number of aryl methyl sites for hydroxylation is 1. The first kappa shape index (κ1) is 21.3. The van der Waals surface area contributed by atoms with E-state index in [-0.39, 0.29) is 30.6 Å². The third kappa shape index (κ3) is 5.04. The first-order valence-corrected chi connectivity index (χ1v) is 10.9. The van der Waals surface area contributed by atoms with Gasteiger partial charge in [-0.05, 0) is 29.5 Å². The van der Waals surface area contributed by atoms with Crippen molar-refractivity contribution in [2.24, 2.45) is 0 Å². The van der Waals surface area contributed by atoms with Gasteiger partial charge in [-0.15, -0.1) is 0 Å². The van der Waals surface area contributed by atoms with Crippen LogP contribution in [0.25, 0.3) is 0 Å². The SMILES string of the molecule is O=C(C(c1ccccc1)c1ccccc1)N1C[C@@H](OCCCc2ccccc2)[C@@H]1CO. The van der Waals surface area contributed by atoms with Crippen molar-refractivity contribution in [3.8, 4) is 0 Å². The molecule has 1 fully saturated rings. The summed E-state index contributed by atoms with van der Waals surface area (Å²) in [6, 6.07) is 29.7. The molecule has 1 aliphatic rings. The summed E-state index contributed by atoms with van der Waals surface area (Å²) in [5.41, 5.74) is 3.22. The Balaban J connectivity index is 1.38. The molecule has 1 N–H and O–H groups in total. The topological polar surface area (TPSA) is 49.8 Å². The molecule has 3 aromatic rings. The number of benzene rings is 3. The van der Waals surface area contributed by atoms with Crippen molar-refractivity contribution in [3.63, 3.8) is 0 Å². The number of carbonyl (C=O) groups is 1. The van der Waals surface area contributed by atoms with Crippen molar-refractivity contribution >= 4 is 5.91 Å². The highest BCUT2D eigenvalue weighted by Gasteiger charge is 2.44. The minimum absolute atomic E-state index is 0.0144. The number of likely N-dealkylation sites (tertiary alicyclic amines) is 1. The molecule has 1 aliphatic heterocycles. The van der Waals surface area contributed by atoms with Crippen molar-refractivity contribution in [3.05, 3.63) is 108 Å². The summed E-state index contributed by atoms with van der Waals surface area (Å²) in [6.07, 6.45) is 1.77. The highest BCUT2D eigenvalue weighted by Crippen LogP contribution is 2.32. The van der Waals surface area contributed by atoms with Crippen LogP contribution in [0, 0.1) is 0 Å². The molecule has 0 radical (unpaired) electrons. The Kier molecular flexibility index (Phi) is 7.13. The third-order valence-corrected chi connectivity index (χ3v) is 5.97. The monoisotopic (exact) mass is 415 g/mol. The standard InChI is InChI=1S/C27H29NO3/c29-20-24-25(31-18-10-13-21-11-4-1-5-12-21)19-28(24)27(30)26(22-14-6-2-7-15-22)23-16-8-3-9-17-23/h1-9,11-12,14-17,24-26,29H,10,13,18-20H2/t24-,25+/m0/s1. The van der Waals surface area contributed by atoms with Crippen LogP contribution >= 0.6 is 0 Å². The van der Waals surface area contributed by atoms with E-state index in [0.29, 0.717) is 13.2 Å². The molecular weight excluding hydrogens is 386 g/mol. The van der Waals surface area contributed by atoms with Gasteiger partial charge in [0, 0.05) is 13.2 Å². The zero-order valence-corrected chi connectivity index (χ0v) is 17.6. The fourth-order valence-electron chi connectivity index (χ4n) is 4.24. The second-order valence-corrected chi connectivity index (χ2v) is 7.99. The molecule has 0 unspecified atom stereocenters. The summed E-state index contributed by atoms with van der Waals surface area (Å²) in [5.74, 6) is -0.365. The largest absolute Gasteiger partial charge is 0.394 e. The minimum Gasteiger partial charge on any atom is -0.394 e. The van der Waals surface area contributed by atoms with Gasteiger partial charge in [-0.1, -0.05) is 91.0 Å². The van der Waals surface area contributed by atoms with E-state index in [2.05, 4.69) is 12.1 Å². The van der Waals surface area contributed by atoms with Crippen LogP contribution in [0.2, 0.25) is 0 Å². The number of rotatable bonds is 9. The Bertz CT molecular complexity index is 906. The summed E-state index contributed by atoms with van der Waals surface area (Å²) >= 11 is 0. The third-order valence-electron chi connectivity index (χ3n) is 5.97. The summed E-state index contributed by atoms with van der Waals surface area (Å²) in [4.78, 5) is 15.3. The van der Waals surface area contributed by atoms with Crippen LogP contribution in [0.5, 0.6) is 0 Å². The summed E-state index contributed by atoms with van der Waals surface area (Å²) in [6.45, 7) is 1.05. The molecule has 1 saturated heterocycles. The maximum absolute atomic E-state index is 13.5. The molecule has 160 valence electrons. The molecule has 1 heterocycles. The lowest BCUT2D eigenvalue weighted by Gasteiger charge is -2.48. The van der Waals surface area contributed by atoms with Gasteiger partial charge < -0.3 is 14.7 Å². The van der Waals surface area contributed by atoms with Crippen molar-refractivity contribution < 1.29 is 14.6 Å². The smallest absolute Gasteiger partial charge is 0.235 e. The minimum atomic E-state index is -0.379. The molecule has 0 spiro atoms. The zero-order chi connectivity index (χ0) is 21.5. The number of ether oxygens (including phenoxy) is 1. The molecule has 0 aliphatic carbocycles. The van der Waals surface area contributed by atoms with Crippen LogP contribution in [-0.2, 0) is 16.0 Å². The predicted molar refractivity (Wildman–Crippen MR) is 122 cm³/mol. The highest BCUT2D eigenvalue weighted by atomic mass is 16.5. The van der Waals surface area contributed by atoms with Crippen molar-refractivity contribution in [2.45, 2.75) is 30.9 Å². The van der Waals surface area contributed by atoms with Gasteiger partial charge in [0.25, 0.3) is 0 Å². The maximum Gasteiger partial charge on any atom is 0.235 e. The summed E-state index contributed by atoms with van der Waals surface area (Å²) in [5, 5.41) is 9.96. The fraction of sp³-hybridized carbons (Fsp3) is 0.296. The fourth-order valence-corrected chi connectivity index (χ4v) is 4.24. The molecule has 0 saturated carbocycles. The molecule has 4 nitrogen and oxygen atoms in total. The van der Waals surface area contributed by atoms with Gasteiger partial charge in [-0.3, -0.25) is 4.79 Å². The Hall–Kier alpha value is -2.95. The highest BCUT2D eigenvalue weighted by molar-refractivity contribution is 5.88. The van der Waals surface area contributed by atoms with Gasteiger partial charge in [-0.2, -0.15) is 0 Å². The van der Waals surface area contributed by atoms with E-state index in [9.17, 15) is 9.90 Å². The first-order valence-electron chi connectivity index (χ1n) is 10.9. The maximum atomic E-state index is 13.5. The summed E-state index contributed by atoms with van der Waals surface area (Å²) < 4.78 is 6.02. The Morgan fingerprint density at radius 3 is 2.00 bits per heavy atom. The molecule has 4 heteroatoms. The molecule has 3 aromatic carbocycles.